The van der Waals surface area contributed by atoms with Crippen LogP contribution in [0.5, 0.6) is 0 Å². The average Bonchev–Trinajstić information content (AvgIpc) is 3.21. The lowest BCUT2D eigenvalue weighted by Gasteiger charge is -2.17. The van der Waals surface area contributed by atoms with Gasteiger partial charge in [-0.2, -0.15) is 0 Å². The molecular formula is C20H19FNO. The van der Waals surface area contributed by atoms with E-state index in [0.29, 0.717) is 18.0 Å². The van der Waals surface area contributed by atoms with E-state index >= 15 is 0 Å². The van der Waals surface area contributed by atoms with Crippen LogP contribution in [-0.4, -0.2) is 17.2 Å². The molecule has 117 valence electrons. The highest BCUT2D eigenvalue weighted by Gasteiger charge is 2.26. The summed E-state index contributed by atoms with van der Waals surface area (Å²) in [4.78, 5) is 13.5. The van der Waals surface area contributed by atoms with Gasteiger partial charge in [0, 0.05) is 24.9 Å². The molecule has 0 amide bonds. The monoisotopic (exact) mass is 308 g/mol. The van der Waals surface area contributed by atoms with Crippen LogP contribution in [0.15, 0.2) is 53.5 Å². The zero-order valence-electron chi connectivity index (χ0n) is 13.0. The van der Waals surface area contributed by atoms with Crippen LogP contribution in [-0.2, 0) is 11.3 Å². The van der Waals surface area contributed by atoms with E-state index in [-0.39, 0.29) is 0 Å². The Morgan fingerprint density at radius 2 is 2.09 bits per heavy atom. The van der Waals surface area contributed by atoms with Crippen LogP contribution >= 0.6 is 0 Å². The summed E-state index contributed by atoms with van der Waals surface area (Å²) in [5, 5.41) is 0. The highest BCUT2D eigenvalue weighted by molar-refractivity contribution is 6.05. The van der Waals surface area contributed by atoms with Crippen molar-refractivity contribution in [1.29, 1.82) is 0 Å². The van der Waals surface area contributed by atoms with Gasteiger partial charge in [0.1, 0.15) is 0 Å². The van der Waals surface area contributed by atoms with Gasteiger partial charge in [-0.05, 0) is 53.7 Å². The van der Waals surface area contributed by atoms with Gasteiger partial charge in [0.25, 0.3) is 0 Å². The molecule has 1 radical (unpaired) electrons. The summed E-state index contributed by atoms with van der Waals surface area (Å²) < 4.78 is 13.9. The highest BCUT2D eigenvalue weighted by Crippen LogP contribution is 2.35. The molecule has 3 aliphatic rings. The minimum Gasteiger partial charge on any atom is -0.368 e. The Balaban J connectivity index is 1.52. The quantitative estimate of drug-likeness (QED) is 0.834. The maximum atomic E-state index is 13.9. The number of rotatable bonds is 3. The van der Waals surface area contributed by atoms with Crippen molar-refractivity contribution in [2.24, 2.45) is 0 Å². The van der Waals surface area contributed by atoms with Gasteiger partial charge in [-0.25, -0.2) is 4.39 Å². The molecule has 4 rings (SSSR count). The average molecular weight is 308 g/mol. The Kier molecular flexibility index (Phi) is 3.64. The normalized spacial score (nSPS) is 21.2. The van der Waals surface area contributed by atoms with E-state index in [0.717, 1.165) is 12.1 Å². The van der Waals surface area contributed by atoms with Gasteiger partial charge in [-0.1, -0.05) is 31.0 Å². The van der Waals surface area contributed by atoms with Gasteiger partial charge in [0.15, 0.2) is 5.83 Å². The number of carbonyl (C=O) groups excluding carboxylic acids is 1. The van der Waals surface area contributed by atoms with Crippen LogP contribution in [0.2, 0.25) is 0 Å². The molecule has 0 aromatic heterocycles. The molecule has 0 spiro atoms. The number of allylic oxidation sites excluding steroid dienone is 3. The van der Waals surface area contributed by atoms with Crippen LogP contribution in [0.25, 0.3) is 0 Å². The molecule has 1 heterocycles. The summed E-state index contributed by atoms with van der Waals surface area (Å²) in [5.41, 5.74) is 3.87. The number of hydrogen-bond acceptors (Lipinski definition) is 2. The van der Waals surface area contributed by atoms with Crippen LogP contribution in [0.1, 0.15) is 42.7 Å². The first-order chi connectivity index (χ1) is 11.2. The third kappa shape index (κ3) is 2.76. The first-order valence-electron chi connectivity index (χ1n) is 8.28. The standard InChI is InChI=1S/C20H19FNO/c21-20-18-13-22(12-17(18)8-9-19(20)23)11-14-4-3-7-16(10-14)15-5-1-2-6-15/h3-4,8-10,12,15H,1-2,5-6,11,13H2. The molecule has 1 aliphatic heterocycles. The predicted octanol–water partition coefficient (Wildman–Crippen LogP) is 4.21. The molecule has 0 atom stereocenters. The third-order valence-electron chi connectivity index (χ3n) is 5.00. The summed E-state index contributed by atoms with van der Waals surface area (Å²) in [7, 11) is 0. The molecule has 2 aliphatic carbocycles. The maximum absolute atomic E-state index is 13.9. The number of fused-ring (bicyclic) bond motifs is 1. The number of ketones is 1. The molecule has 3 heteroatoms. The summed E-state index contributed by atoms with van der Waals surface area (Å²) in [5.74, 6) is -0.471. The molecule has 0 bridgehead atoms. The van der Waals surface area contributed by atoms with Crippen LogP contribution in [0.3, 0.4) is 0 Å². The Hall–Kier alpha value is -2.16. The summed E-state index contributed by atoms with van der Waals surface area (Å²) >= 11 is 0. The largest absolute Gasteiger partial charge is 0.368 e. The lowest BCUT2D eigenvalue weighted by Crippen LogP contribution is -2.16. The van der Waals surface area contributed by atoms with E-state index in [1.807, 2.05) is 12.3 Å². The molecule has 23 heavy (non-hydrogen) atoms. The second kappa shape index (κ2) is 5.80. The van der Waals surface area contributed by atoms with Crippen molar-refractivity contribution in [1.82, 2.24) is 4.90 Å². The van der Waals surface area contributed by atoms with E-state index in [2.05, 4.69) is 23.1 Å². The van der Waals surface area contributed by atoms with Crippen LogP contribution in [0.4, 0.5) is 4.39 Å². The Morgan fingerprint density at radius 1 is 1.26 bits per heavy atom. The fraction of sp³-hybridized carbons (Fsp3) is 0.350. The second-order valence-electron chi connectivity index (χ2n) is 6.61. The van der Waals surface area contributed by atoms with Gasteiger partial charge in [0.05, 0.1) is 0 Å². The molecular weight excluding hydrogens is 289 g/mol. The molecule has 2 nitrogen and oxygen atoms in total. The van der Waals surface area contributed by atoms with Crippen molar-refractivity contribution in [2.75, 3.05) is 6.54 Å². The van der Waals surface area contributed by atoms with E-state index in [9.17, 15) is 9.18 Å². The van der Waals surface area contributed by atoms with Crippen molar-refractivity contribution in [3.63, 3.8) is 0 Å². The van der Waals surface area contributed by atoms with Gasteiger partial charge < -0.3 is 4.90 Å². The molecule has 1 saturated carbocycles. The van der Waals surface area contributed by atoms with Crippen molar-refractivity contribution >= 4 is 5.78 Å². The number of benzene rings is 1. The van der Waals surface area contributed by atoms with Crippen LogP contribution < -0.4 is 0 Å². The zero-order chi connectivity index (χ0) is 15.8. The summed E-state index contributed by atoms with van der Waals surface area (Å²) in [6.07, 6.45) is 10.1. The predicted molar refractivity (Wildman–Crippen MR) is 87.3 cm³/mol. The van der Waals surface area contributed by atoms with Crippen molar-refractivity contribution in [3.8, 4) is 0 Å². The third-order valence-corrected chi connectivity index (χ3v) is 5.00. The van der Waals surface area contributed by atoms with Gasteiger partial charge in [-0.3, -0.25) is 4.79 Å². The molecule has 1 aromatic rings. The number of hydrogen-bond donors (Lipinski definition) is 0. The SMILES string of the molecule is O=C1C=CC2=CN(Cc3cc[c]c(C4CCCC4)c3)CC2=C1F. The van der Waals surface area contributed by atoms with E-state index in [1.165, 1.54) is 42.9 Å². The molecule has 0 N–H and O–H groups in total. The maximum Gasteiger partial charge on any atom is 0.214 e. The molecule has 1 fully saturated rings. The van der Waals surface area contributed by atoms with Crippen molar-refractivity contribution in [3.05, 3.63) is 70.7 Å². The summed E-state index contributed by atoms with van der Waals surface area (Å²) in [6.45, 7) is 1.20. The molecule has 0 unspecified atom stereocenters. The van der Waals surface area contributed by atoms with Crippen molar-refractivity contribution < 1.29 is 9.18 Å². The van der Waals surface area contributed by atoms with Crippen LogP contribution in [0, 0.1) is 6.07 Å². The topological polar surface area (TPSA) is 20.3 Å². The zero-order valence-corrected chi connectivity index (χ0v) is 13.0. The Labute approximate surface area is 136 Å². The minimum atomic E-state index is -0.603. The van der Waals surface area contributed by atoms with Gasteiger partial charge in [0.2, 0.25) is 5.78 Å². The Morgan fingerprint density at radius 3 is 2.91 bits per heavy atom. The number of nitrogens with zero attached hydrogens (tertiary/aromatic N) is 1. The van der Waals surface area contributed by atoms with Gasteiger partial charge >= 0.3 is 0 Å². The van der Waals surface area contributed by atoms with Crippen molar-refractivity contribution in [2.45, 2.75) is 38.1 Å². The Bertz CT molecular complexity index is 738. The number of carbonyl (C=O) groups is 1. The van der Waals surface area contributed by atoms with E-state index < -0.39 is 11.6 Å². The molecule has 1 aromatic carbocycles. The fourth-order valence-electron chi connectivity index (χ4n) is 3.78. The highest BCUT2D eigenvalue weighted by atomic mass is 19.1. The second-order valence-corrected chi connectivity index (χ2v) is 6.61. The van der Waals surface area contributed by atoms with E-state index in [4.69, 9.17) is 0 Å². The number of halogens is 1. The molecule has 0 saturated heterocycles. The first kappa shape index (κ1) is 14.4. The summed E-state index contributed by atoms with van der Waals surface area (Å²) in [6, 6.07) is 9.69. The lowest BCUT2D eigenvalue weighted by molar-refractivity contribution is -0.112. The minimum absolute atomic E-state index is 0.467. The fourth-order valence-corrected chi connectivity index (χ4v) is 3.78. The first-order valence-corrected chi connectivity index (χ1v) is 8.28. The van der Waals surface area contributed by atoms with Gasteiger partial charge in [-0.15, -0.1) is 0 Å². The smallest absolute Gasteiger partial charge is 0.214 e. The lowest BCUT2D eigenvalue weighted by atomic mass is 9.96. The van der Waals surface area contributed by atoms with E-state index in [1.54, 1.807) is 6.08 Å².